The number of nitrogens with one attached hydrogen (secondary N) is 1. The average molecular weight is 338 g/mol. The number of amides is 1. The van der Waals surface area contributed by atoms with E-state index in [9.17, 15) is 4.79 Å². The maximum absolute atomic E-state index is 12.3. The second kappa shape index (κ2) is 7.52. The summed E-state index contributed by atoms with van der Waals surface area (Å²) < 4.78 is 5.81. The molecule has 2 aromatic carbocycles. The van der Waals surface area contributed by atoms with E-state index in [1.807, 2.05) is 38.1 Å². The quantitative estimate of drug-likeness (QED) is 0.824. The Morgan fingerprint density at radius 1 is 1.18 bits per heavy atom. The van der Waals surface area contributed by atoms with Gasteiger partial charge in [-0.2, -0.15) is 0 Å². The molecule has 0 radical (unpaired) electrons. The molecule has 0 aliphatic carbocycles. The molecule has 2 rings (SSSR count). The minimum atomic E-state index is -0.574. The first-order chi connectivity index (χ1) is 10.5. The van der Waals surface area contributed by atoms with E-state index in [4.69, 9.17) is 27.9 Å². The van der Waals surface area contributed by atoms with Gasteiger partial charge in [0, 0.05) is 5.69 Å². The van der Waals surface area contributed by atoms with Crippen LogP contribution in [-0.4, -0.2) is 12.0 Å². The van der Waals surface area contributed by atoms with Gasteiger partial charge in [0.2, 0.25) is 0 Å². The van der Waals surface area contributed by atoms with Gasteiger partial charge in [-0.1, -0.05) is 48.3 Å². The van der Waals surface area contributed by atoms with Crippen molar-refractivity contribution in [2.24, 2.45) is 0 Å². The predicted molar refractivity (Wildman–Crippen MR) is 91.0 cm³/mol. The third-order valence-electron chi connectivity index (χ3n) is 3.21. The highest BCUT2D eigenvalue weighted by Gasteiger charge is 2.19. The lowest BCUT2D eigenvalue weighted by Crippen LogP contribution is -2.32. The Hall–Kier alpha value is -1.71. The summed E-state index contributed by atoms with van der Waals surface area (Å²) in [5.41, 5.74) is 1.58. The van der Waals surface area contributed by atoms with Crippen LogP contribution in [0.15, 0.2) is 42.5 Å². The van der Waals surface area contributed by atoms with Crippen molar-refractivity contribution in [3.8, 4) is 5.75 Å². The lowest BCUT2D eigenvalue weighted by atomic mass is 10.2. The number of para-hydroxylation sites is 1. The molecule has 1 N–H and O–H groups in total. The summed E-state index contributed by atoms with van der Waals surface area (Å²) in [6.07, 6.45) is -0.0165. The van der Waals surface area contributed by atoms with Gasteiger partial charge in [-0.15, -0.1) is 0 Å². The van der Waals surface area contributed by atoms with Crippen LogP contribution >= 0.6 is 23.2 Å². The topological polar surface area (TPSA) is 38.3 Å². The van der Waals surface area contributed by atoms with Gasteiger partial charge < -0.3 is 10.1 Å². The Morgan fingerprint density at radius 3 is 2.55 bits per heavy atom. The molecule has 1 unspecified atom stereocenters. The SMILES string of the molecule is CCC(Oc1ccccc1C)C(=O)Nc1ccc(Cl)c(Cl)c1. The van der Waals surface area contributed by atoms with Crippen molar-refractivity contribution < 1.29 is 9.53 Å². The second-order valence-electron chi connectivity index (χ2n) is 4.90. The van der Waals surface area contributed by atoms with Crippen LogP contribution in [0.2, 0.25) is 10.0 Å². The van der Waals surface area contributed by atoms with Gasteiger partial charge in [-0.3, -0.25) is 4.79 Å². The Labute approximate surface area is 140 Å². The number of aryl methyl sites for hydroxylation is 1. The number of benzene rings is 2. The van der Waals surface area contributed by atoms with Gasteiger partial charge in [0.05, 0.1) is 10.0 Å². The van der Waals surface area contributed by atoms with E-state index in [-0.39, 0.29) is 5.91 Å². The van der Waals surface area contributed by atoms with E-state index < -0.39 is 6.10 Å². The zero-order valence-electron chi connectivity index (χ0n) is 12.4. The molecule has 1 atom stereocenters. The van der Waals surface area contributed by atoms with Gasteiger partial charge in [0.1, 0.15) is 5.75 Å². The largest absolute Gasteiger partial charge is 0.480 e. The number of rotatable bonds is 5. The molecule has 2 aromatic rings. The molecule has 22 heavy (non-hydrogen) atoms. The van der Waals surface area contributed by atoms with Crippen molar-refractivity contribution in [1.82, 2.24) is 0 Å². The van der Waals surface area contributed by atoms with Gasteiger partial charge >= 0.3 is 0 Å². The molecule has 0 fully saturated rings. The lowest BCUT2D eigenvalue weighted by molar-refractivity contribution is -0.122. The summed E-state index contributed by atoms with van der Waals surface area (Å²) in [5.74, 6) is 0.489. The summed E-state index contributed by atoms with van der Waals surface area (Å²) in [7, 11) is 0. The maximum atomic E-state index is 12.3. The van der Waals surface area contributed by atoms with Crippen LogP contribution in [0, 0.1) is 6.92 Å². The van der Waals surface area contributed by atoms with Crippen LogP contribution in [0.25, 0.3) is 0 Å². The summed E-state index contributed by atoms with van der Waals surface area (Å²) in [5, 5.41) is 3.64. The van der Waals surface area contributed by atoms with Crippen LogP contribution in [0.5, 0.6) is 5.75 Å². The number of anilines is 1. The fraction of sp³-hybridized carbons (Fsp3) is 0.235. The van der Waals surface area contributed by atoms with Crippen molar-refractivity contribution in [2.75, 3.05) is 5.32 Å². The summed E-state index contributed by atoms with van der Waals surface area (Å²) >= 11 is 11.8. The fourth-order valence-electron chi connectivity index (χ4n) is 1.96. The van der Waals surface area contributed by atoms with E-state index >= 15 is 0 Å². The van der Waals surface area contributed by atoms with Crippen molar-refractivity contribution in [3.63, 3.8) is 0 Å². The number of hydrogen-bond acceptors (Lipinski definition) is 2. The van der Waals surface area contributed by atoms with E-state index in [1.54, 1.807) is 18.2 Å². The molecule has 0 bridgehead atoms. The van der Waals surface area contributed by atoms with Crippen LogP contribution < -0.4 is 10.1 Å². The van der Waals surface area contributed by atoms with Crippen LogP contribution in [0.3, 0.4) is 0 Å². The first kappa shape index (κ1) is 16.7. The standard InChI is InChI=1S/C17H17Cl2NO2/c1-3-15(22-16-7-5-4-6-11(16)2)17(21)20-12-8-9-13(18)14(19)10-12/h4-10,15H,3H2,1-2H3,(H,20,21). The normalized spacial score (nSPS) is 11.8. The Bertz CT molecular complexity index is 673. The number of carbonyl (C=O) groups excluding carboxylic acids is 1. The summed E-state index contributed by atoms with van der Waals surface area (Å²) in [6, 6.07) is 12.6. The van der Waals surface area contributed by atoms with E-state index in [0.29, 0.717) is 27.9 Å². The molecule has 0 saturated carbocycles. The smallest absolute Gasteiger partial charge is 0.265 e. The van der Waals surface area contributed by atoms with Crippen molar-refractivity contribution >= 4 is 34.8 Å². The van der Waals surface area contributed by atoms with Crippen molar-refractivity contribution in [2.45, 2.75) is 26.4 Å². The molecule has 0 aromatic heterocycles. The Morgan fingerprint density at radius 2 is 1.91 bits per heavy atom. The van der Waals surface area contributed by atoms with Crippen LogP contribution in [-0.2, 0) is 4.79 Å². The van der Waals surface area contributed by atoms with Crippen molar-refractivity contribution in [1.29, 1.82) is 0 Å². The Balaban J connectivity index is 2.08. The number of ether oxygens (including phenoxy) is 1. The molecular formula is C17H17Cl2NO2. The highest BCUT2D eigenvalue weighted by molar-refractivity contribution is 6.42. The second-order valence-corrected chi connectivity index (χ2v) is 5.71. The van der Waals surface area contributed by atoms with Gasteiger partial charge in [0.15, 0.2) is 6.10 Å². The minimum absolute atomic E-state index is 0.218. The molecule has 3 nitrogen and oxygen atoms in total. The molecule has 0 heterocycles. The zero-order valence-corrected chi connectivity index (χ0v) is 13.9. The molecule has 5 heteroatoms. The third kappa shape index (κ3) is 4.15. The van der Waals surface area contributed by atoms with E-state index in [2.05, 4.69) is 5.32 Å². The summed E-state index contributed by atoms with van der Waals surface area (Å²) in [6.45, 7) is 3.84. The first-order valence-electron chi connectivity index (χ1n) is 6.99. The average Bonchev–Trinajstić information content (AvgIpc) is 2.50. The Kier molecular flexibility index (Phi) is 5.69. The summed E-state index contributed by atoms with van der Waals surface area (Å²) in [4.78, 5) is 12.3. The van der Waals surface area contributed by atoms with E-state index in [0.717, 1.165) is 5.56 Å². The maximum Gasteiger partial charge on any atom is 0.265 e. The van der Waals surface area contributed by atoms with Gasteiger partial charge in [0.25, 0.3) is 5.91 Å². The number of carbonyl (C=O) groups is 1. The van der Waals surface area contributed by atoms with Gasteiger partial charge in [-0.05, 0) is 43.2 Å². The predicted octanol–water partition coefficient (Wildman–Crippen LogP) is 5.10. The minimum Gasteiger partial charge on any atom is -0.480 e. The highest BCUT2D eigenvalue weighted by Crippen LogP contribution is 2.25. The highest BCUT2D eigenvalue weighted by atomic mass is 35.5. The molecule has 0 spiro atoms. The van der Waals surface area contributed by atoms with Gasteiger partial charge in [-0.25, -0.2) is 0 Å². The third-order valence-corrected chi connectivity index (χ3v) is 3.95. The molecule has 116 valence electrons. The first-order valence-corrected chi connectivity index (χ1v) is 7.75. The molecule has 0 aliphatic heterocycles. The monoisotopic (exact) mass is 337 g/mol. The number of hydrogen-bond donors (Lipinski definition) is 1. The molecule has 0 aliphatic rings. The lowest BCUT2D eigenvalue weighted by Gasteiger charge is -2.18. The van der Waals surface area contributed by atoms with Crippen molar-refractivity contribution in [3.05, 3.63) is 58.1 Å². The van der Waals surface area contributed by atoms with Crippen LogP contribution in [0.1, 0.15) is 18.9 Å². The molecule has 0 saturated heterocycles. The molecule has 1 amide bonds. The number of halogens is 2. The molecular weight excluding hydrogens is 321 g/mol. The fourth-order valence-corrected chi connectivity index (χ4v) is 2.26. The van der Waals surface area contributed by atoms with Crippen LogP contribution in [0.4, 0.5) is 5.69 Å². The van der Waals surface area contributed by atoms with E-state index in [1.165, 1.54) is 0 Å². The zero-order chi connectivity index (χ0) is 16.1.